The van der Waals surface area contributed by atoms with Crippen LogP contribution in [0.2, 0.25) is 0 Å². The predicted octanol–water partition coefficient (Wildman–Crippen LogP) is 2.06. The van der Waals surface area contributed by atoms with E-state index in [9.17, 15) is 24.6 Å². The number of carboxylic acid groups (broad SMARTS) is 2. The van der Waals surface area contributed by atoms with Crippen LogP contribution in [0.5, 0.6) is 5.75 Å². The van der Waals surface area contributed by atoms with Gasteiger partial charge in [0, 0.05) is 5.56 Å². The number of aromatic nitrogens is 1. The van der Waals surface area contributed by atoms with Crippen molar-refractivity contribution in [1.29, 1.82) is 0 Å². The number of ether oxygens (including phenoxy) is 1. The van der Waals surface area contributed by atoms with Gasteiger partial charge in [-0.15, -0.1) is 0 Å². The van der Waals surface area contributed by atoms with Crippen molar-refractivity contribution in [3.8, 4) is 16.9 Å². The highest BCUT2D eigenvalue weighted by molar-refractivity contribution is 6.07. The molecule has 0 bridgehead atoms. The average Bonchev–Trinajstić information content (AvgIpc) is 2.51. The first-order valence-electron chi connectivity index (χ1n) is 7.48. The summed E-state index contributed by atoms with van der Waals surface area (Å²) in [7, 11) is 0. The number of carboxylic acids is 2. The van der Waals surface area contributed by atoms with E-state index in [0.717, 1.165) is 0 Å². The van der Waals surface area contributed by atoms with Crippen LogP contribution in [0.3, 0.4) is 0 Å². The molecule has 0 fully saturated rings. The van der Waals surface area contributed by atoms with Gasteiger partial charge in [-0.3, -0.25) is 4.79 Å². The third-order valence-electron chi connectivity index (χ3n) is 3.40. The van der Waals surface area contributed by atoms with Crippen LogP contribution in [0.15, 0.2) is 29.1 Å². The Morgan fingerprint density at radius 2 is 1.68 bits per heavy atom. The van der Waals surface area contributed by atoms with Gasteiger partial charge in [-0.2, -0.15) is 0 Å². The standard InChI is InChI=1S/C17H18N2O6/c1-8(2)7-25-10-5-3-9(4-6-10)11-12(16(21)22)14(18)19-15(20)13(11)17(23)24/h3-6,8H,7H2,1-2H3,(H,21,22)(H,23,24)(H3,18,19,20). The fraction of sp³-hybridized carbons (Fsp3) is 0.235. The molecule has 0 aliphatic rings. The fourth-order valence-electron chi connectivity index (χ4n) is 2.32. The summed E-state index contributed by atoms with van der Waals surface area (Å²) in [6.45, 7) is 4.48. The summed E-state index contributed by atoms with van der Waals surface area (Å²) in [6.07, 6.45) is 0. The van der Waals surface area contributed by atoms with Gasteiger partial charge in [-0.1, -0.05) is 26.0 Å². The number of nitrogens with two attached hydrogens (primary N) is 1. The molecule has 0 aliphatic carbocycles. The van der Waals surface area contributed by atoms with Crippen LogP contribution >= 0.6 is 0 Å². The van der Waals surface area contributed by atoms with Crippen molar-refractivity contribution in [2.24, 2.45) is 5.92 Å². The van der Waals surface area contributed by atoms with Crippen molar-refractivity contribution in [3.05, 3.63) is 45.7 Å². The number of aromatic amines is 1. The average molecular weight is 346 g/mol. The van der Waals surface area contributed by atoms with Gasteiger partial charge >= 0.3 is 11.9 Å². The van der Waals surface area contributed by atoms with Crippen LogP contribution in [-0.4, -0.2) is 33.7 Å². The number of pyridine rings is 1. The first kappa shape index (κ1) is 18.1. The summed E-state index contributed by atoms with van der Waals surface area (Å²) in [5.74, 6) is -2.52. The lowest BCUT2D eigenvalue weighted by molar-refractivity contribution is 0.0695. The number of H-pyrrole nitrogens is 1. The molecule has 8 heteroatoms. The van der Waals surface area contributed by atoms with E-state index in [-0.39, 0.29) is 11.1 Å². The topological polar surface area (TPSA) is 143 Å². The van der Waals surface area contributed by atoms with Crippen LogP contribution in [-0.2, 0) is 0 Å². The second-order valence-corrected chi connectivity index (χ2v) is 5.83. The van der Waals surface area contributed by atoms with Crippen molar-refractivity contribution in [2.75, 3.05) is 12.3 Å². The minimum absolute atomic E-state index is 0.239. The Morgan fingerprint density at radius 1 is 1.12 bits per heavy atom. The second-order valence-electron chi connectivity index (χ2n) is 5.83. The molecule has 0 atom stereocenters. The summed E-state index contributed by atoms with van der Waals surface area (Å²) >= 11 is 0. The van der Waals surface area contributed by atoms with Gasteiger partial charge in [0.2, 0.25) is 0 Å². The van der Waals surface area contributed by atoms with Gasteiger partial charge in [-0.25, -0.2) is 9.59 Å². The number of anilines is 1. The van der Waals surface area contributed by atoms with Gasteiger partial charge in [0.05, 0.1) is 6.61 Å². The van der Waals surface area contributed by atoms with E-state index in [0.29, 0.717) is 18.3 Å². The molecule has 0 aliphatic heterocycles. The molecule has 132 valence electrons. The number of benzene rings is 1. The maximum absolute atomic E-state index is 12.0. The summed E-state index contributed by atoms with van der Waals surface area (Å²) in [4.78, 5) is 37.0. The lowest BCUT2D eigenvalue weighted by atomic mass is 9.95. The zero-order valence-corrected chi connectivity index (χ0v) is 13.7. The molecule has 1 aromatic carbocycles. The monoisotopic (exact) mass is 346 g/mol. The molecule has 2 rings (SSSR count). The van der Waals surface area contributed by atoms with Gasteiger partial charge in [-0.05, 0) is 23.6 Å². The number of rotatable bonds is 6. The third kappa shape index (κ3) is 3.79. The molecule has 0 saturated heterocycles. The van der Waals surface area contributed by atoms with Crippen LogP contribution in [0.4, 0.5) is 5.82 Å². The van der Waals surface area contributed by atoms with Crippen molar-refractivity contribution < 1.29 is 24.5 Å². The maximum atomic E-state index is 12.0. The van der Waals surface area contributed by atoms with Crippen molar-refractivity contribution in [1.82, 2.24) is 4.98 Å². The Morgan fingerprint density at radius 3 is 2.16 bits per heavy atom. The van der Waals surface area contributed by atoms with E-state index < -0.39 is 34.4 Å². The zero-order chi connectivity index (χ0) is 18.7. The Hall–Kier alpha value is -3.29. The second kappa shape index (κ2) is 7.08. The van der Waals surface area contributed by atoms with E-state index in [4.69, 9.17) is 10.5 Å². The van der Waals surface area contributed by atoms with Crippen LogP contribution in [0.25, 0.3) is 11.1 Å². The molecular formula is C17H18N2O6. The minimum atomic E-state index is -1.54. The molecule has 0 amide bonds. The highest BCUT2D eigenvalue weighted by Crippen LogP contribution is 2.30. The van der Waals surface area contributed by atoms with E-state index in [1.807, 2.05) is 13.8 Å². The van der Waals surface area contributed by atoms with Gasteiger partial charge in [0.25, 0.3) is 5.56 Å². The van der Waals surface area contributed by atoms with Gasteiger partial charge in [0.1, 0.15) is 22.7 Å². The summed E-state index contributed by atoms with van der Waals surface area (Å²) in [5.41, 5.74) is 3.48. The molecule has 5 N–H and O–H groups in total. The van der Waals surface area contributed by atoms with Crippen molar-refractivity contribution in [2.45, 2.75) is 13.8 Å². The molecule has 25 heavy (non-hydrogen) atoms. The molecule has 1 heterocycles. The van der Waals surface area contributed by atoms with Crippen molar-refractivity contribution >= 4 is 17.8 Å². The predicted molar refractivity (Wildman–Crippen MR) is 91.2 cm³/mol. The van der Waals surface area contributed by atoms with E-state index in [1.54, 1.807) is 12.1 Å². The van der Waals surface area contributed by atoms with Gasteiger partial charge in [0.15, 0.2) is 0 Å². The van der Waals surface area contributed by atoms with Crippen LogP contribution < -0.4 is 16.0 Å². The lowest BCUT2D eigenvalue weighted by Crippen LogP contribution is -2.24. The van der Waals surface area contributed by atoms with Crippen LogP contribution in [0, 0.1) is 5.92 Å². The lowest BCUT2D eigenvalue weighted by Gasteiger charge is -2.13. The molecule has 0 saturated carbocycles. The number of aromatic carboxylic acids is 2. The zero-order valence-electron chi connectivity index (χ0n) is 13.7. The van der Waals surface area contributed by atoms with Crippen LogP contribution in [0.1, 0.15) is 34.6 Å². The number of nitrogens with one attached hydrogen (secondary N) is 1. The Bertz CT molecular complexity index is 868. The van der Waals surface area contributed by atoms with Crippen molar-refractivity contribution in [3.63, 3.8) is 0 Å². The van der Waals surface area contributed by atoms with E-state index in [1.165, 1.54) is 12.1 Å². The first-order valence-corrected chi connectivity index (χ1v) is 7.48. The van der Waals surface area contributed by atoms with E-state index >= 15 is 0 Å². The first-order chi connectivity index (χ1) is 11.7. The molecule has 1 aromatic heterocycles. The Labute approximate surface area is 142 Å². The number of nitrogen functional groups attached to an aromatic ring is 1. The molecule has 0 spiro atoms. The SMILES string of the molecule is CC(C)COc1ccc(-c2c(C(=O)O)c(N)[nH]c(=O)c2C(=O)O)cc1. The smallest absolute Gasteiger partial charge is 0.342 e. The summed E-state index contributed by atoms with van der Waals surface area (Å²) in [6, 6.07) is 6.13. The summed E-state index contributed by atoms with van der Waals surface area (Å²) in [5, 5.41) is 18.7. The fourth-order valence-corrected chi connectivity index (χ4v) is 2.32. The number of carbonyl (C=O) groups is 2. The minimum Gasteiger partial charge on any atom is -0.493 e. The normalized spacial score (nSPS) is 10.7. The maximum Gasteiger partial charge on any atom is 0.342 e. The van der Waals surface area contributed by atoms with Gasteiger partial charge < -0.3 is 25.7 Å². The highest BCUT2D eigenvalue weighted by Gasteiger charge is 2.26. The molecule has 2 aromatic rings. The highest BCUT2D eigenvalue weighted by atomic mass is 16.5. The quantitative estimate of drug-likeness (QED) is 0.627. The number of hydrogen-bond donors (Lipinski definition) is 4. The number of hydrogen-bond acceptors (Lipinski definition) is 5. The van der Waals surface area contributed by atoms with E-state index in [2.05, 4.69) is 4.98 Å². The third-order valence-corrected chi connectivity index (χ3v) is 3.40. The molecular weight excluding hydrogens is 328 g/mol. The Balaban J connectivity index is 2.63. The Kier molecular flexibility index (Phi) is 5.11. The largest absolute Gasteiger partial charge is 0.493 e. The molecule has 8 nitrogen and oxygen atoms in total. The summed E-state index contributed by atoms with van der Waals surface area (Å²) < 4.78 is 5.54. The molecule has 0 radical (unpaired) electrons. The molecule has 0 unspecified atom stereocenters.